The van der Waals surface area contributed by atoms with Crippen LogP contribution in [-0.4, -0.2) is 36.7 Å². The number of aliphatic hydroxyl groups is 1. The average Bonchev–Trinajstić information content (AvgIpc) is 2.61. The quantitative estimate of drug-likeness (QED) is 0.815. The Bertz CT molecular complexity index is 613. The first-order valence-corrected chi connectivity index (χ1v) is 7.79. The van der Waals surface area contributed by atoms with Crippen LogP contribution in [0.1, 0.15) is 18.1 Å². The van der Waals surface area contributed by atoms with Gasteiger partial charge in [-0.05, 0) is 17.5 Å². The van der Waals surface area contributed by atoms with Gasteiger partial charge < -0.3 is 5.11 Å². The predicted octanol–water partition coefficient (Wildman–Crippen LogP) is 0.812. The number of rotatable bonds is 2. The summed E-state index contributed by atoms with van der Waals surface area (Å²) in [7, 11) is -3.14. The molecule has 1 aromatic rings. The van der Waals surface area contributed by atoms with Crippen molar-refractivity contribution in [2.45, 2.75) is 13.5 Å². The van der Waals surface area contributed by atoms with Crippen LogP contribution in [-0.2, 0) is 16.6 Å². The normalized spacial score (nSPS) is 21.9. The van der Waals surface area contributed by atoms with E-state index >= 15 is 0 Å². The van der Waals surface area contributed by atoms with E-state index in [2.05, 4.69) is 11.8 Å². The maximum Gasteiger partial charge on any atom is 0.214 e. The molecule has 0 spiro atoms. The first kappa shape index (κ1) is 14.1. The molecule has 0 radical (unpaired) electrons. The van der Waals surface area contributed by atoms with Crippen LogP contribution in [0, 0.1) is 17.8 Å². The second-order valence-corrected chi connectivity index (χ2v) is 6.81. The zero-order chi connectivity index (χ0) is 13.9. The highest BCUT2D eigenvalue weighted by Crippen LogP contribution is 2.22. The van der Waals surface area contributed by atoms with Crippen LogP contribution in [0.2, 0.25) is 0 Å². The van der Waals surface area contributed by atoms with Crippen LogP contribution in [0.4, 0.5) is 0 Å². The maximum absolute atomic E-state index is 12.0. The third kappa shape index (κ3) is 3.35. The van der Waals surface area contributed by atoms with Crippen LogP contribution >= 0.6 is 0 Å². The number of benzene rings is 1. The van der Waals surface area contributed by atoms with Crippen molar-refractivity contribution in [3.63, 3.8) is 0 Å². The van der Waals surface area contributed by atoms with Crippen molar-refractivity contribution in [2.75, 3.05) is 18.9 Å². The third-order valence-electron chi connectivity index (χ3n) is 3.07. The van der Waals surface area contributed by atoms with Crippen molar-refractivity contribution >= 4 is 10.0 Å². The van der Waals surface area contributed by atoms with E-state index in [1.807, 2.05) is 31.2 Å². The zero-order valence-corrected chi connectivity index (χ0v) is 11.7. The largest absolute Gasteiger partial charge is 0.384 e. The van der Waals surface area contributed by atoms with Gasteiger partial charge >= 0.3 is 0 Å². The molecule has 1 heterocycles. The molecule has 1 aliphatic rings. The highest BCUT2D eigenvalue weighted by molar-refractivity contribution is 7.89. The fourth-order valence-corrected chi connectivity index (χ4v) is 4.10. The first-order chi connectivity index (χ1) is 9.03. The third-order valence-corrected chi connectivity index (χ3v) is 5.13. The maximum atomic E-state index is 12.0. The summed E-state index contributed by atoms with van der Waals surface area (Å²) in [6.07, 6.45) is 0. The van der Waals surface area contributed by atoms with Crippen LogP contribution in [0.25, 0.3) is 0 Å². The zero-order valence-electron chi connectivity index (χ0n) is 10.8. The van der Waals surface area contributed by atoms with Crippen molar-refractivity contribution in [1.82, 2.24) is 4.31 Å². The lowest BCUT2D eigenvalue weighted by molar-refractivity contribution is 0.350. The van der Waals surface area contributed by atoms with Gasteiger partial charge in [-0.3, -0.25) is 0 Å². The molecule has 1 aromatic carbocycles. The summed E-state index contributed by atoms with van der Waals surface area (Å²) in [5.41, 5.74) is 1.65. The highest BCUT2D eigenvalue weighted by atomic mass is 32.2. The summed E-state index contributed by atoms with van der Waals surface area (Å²) in [5, 5.41) is 8.74. The Balaban J connectivity index is 2.25. The molecule has 0 aliphatic carbocycles. The molecule has 2 rings (SSSR count). The van der Waals surface area contributed by atoms with E-state index in [1.54, 1.807) is 0 Å². The van der Waals surface area contributed by atoms with E-state index in [9.17, 15) is 8.42 Å². The van der Waals surface area contributed by atoms with Crippen LogP contribution in [0.15, 0.2) is 24.3 Å². The molecule has 5 heteroatoms. The number of aliphatic hydroxyl groups excluding tert-OH is 1. The van der Waals surface area contributed by atoms with Gasteiger partial charge in [0.15, 0.2) is 0 Å². The van der Waals surface area contributed by atoms with Crippen molar-refractivity contribution in [3.8, 4) is 11.8 Å². The van der Waals surface area contributed by atoms with Crippen molar-refractivity contribution in [2.24, 2.45) is 5.92 Å². The Labute approximate surface area is 114 Å². The number of hydrogen-bond acceptors (Lipinski definition) is 3. The predicted molar refractivity (Wildman–Crippen MR) is 73.8 cm³/mol. The highest BCUT2D eigenvalue weighted by Gasteiger charge is 2.33. The Morgan fingerprint density at radius 3 is 2.79 bits per heavy atom. The Kier molecular flexibility index (Phi) is 4.25. The van der Waals surface area contributed by atoms with Gasteiger partial charge in [0.2, 0.25) is 10.0 Å². The molecule has 1 saturated heterocycles. The van der Waals surface area contributed by atoms with Crippen molar-refractivity contribution < 1.29 is 13.5 Å². The molecule has 1 N–H and O–H groups in total. The lowest BCUT2D eigenvalue weighted by atomic mass is 10.1. The Hall–Kier alpha value is -1.35. The van der Waals surface area contributed by atoms with Crippen LogP contribution < -0.4 is 0 Å². The molecule has 0 bridgehead atoms. The van der Waals surface area contributed by atoms with Gasteiger partial charge in [0.1, 0.15) is 6.61 Å². The molecular formula is C14H17NO3S. The lowest BCUT2D eigenvalue weighted by Gasteiger charge is -2.15. The van der Waals surface area contributed by atoms with Gasteiger partial charge in [0.25, 0.3) is 0 Å². The second kappa shape index (κ2) is 5.74. The summed E-state index contributed by atoms with van der Waals surface area (Å²) in [6.45, 7) is 2.65. The average molecular weight is 279 g/mol. The Morgan fingerprint density at radius 1 is 1.42 bits per heavy atom. The summed E-state index contributed by atoms with van der Waals surface area (Å²) < 4.78 is 25.4. The molecule has 19 heavy (non-hydrogen) atoms. The van der Waals surface area contributed by atoms with E-state index in [0.717, 1.165) is 11.1 Å². The SMILES string of the molecule is CC1CN(Cc2ccccc2C#CCO)S(=O)(=O)C1. The minimum Gasteiger partial charge on any atom is -0.384 e. The summed E-state index contributed by atoms with van der Waals surface area (Å²) in [4.78, 5) is 0. The van der Waals surface area contributed by atoms with E-state index in [0.29, 0.717) is 13.1 Å². The molecule has 0 amide bonds. The fourth-order valence-electron chi connectivity index (χ4n) is 2.25. The van der Waals surface area contributed by atoms with Gasteiger partial charge in [-0.25, -0.2) is 8.42 Å². The molecule has 4 nitrogen and oxygen atoms in total. The van der Waals surface area contributed by atoms with Crippen molar-refractivity contribution in [1.29, 1.82) is 0 Å². The monoisotopic (exact) mass is 279 g/mol. The van der Waals surface area contributed by atoms with Gasteiger partial charge in [-0.2, -0.15) is 4.31 Å². The van der Waals surface area contributed by atoms with Crippen molar-refractivity contribution in [3.05, 3.63) is 35.4 Å². The molecule has 1 unspecified atom stereocenters. The van der Waals surface area contributed by atoms with Gasteiger partial charge in [0, 0.05) is 18.7 Å². The Morgan fingerprint density at radius 2 is 2.16 bits per heavy atom. The number of sulfonamides is 1. The van der Waals surface area contributed by atoms with Gasteiger partial charge in [-0.15, -0.1) is 0 Å². The van der Waals surface area contributed by atoms with E-state index in [-0.39, 0.29) is 18.3 Å². The fraction of sp³-hybridized carbons (Fsp3) is 0.429. The van der Waals surface area contributed by atoms with Crippen LogP contribution in [0.5, 0.6) is 0 Å². The molecule has 1 fully saturated rings. The minimum atomic E-state index is -3.14. The molecule has 1 aliphatic heterocycles. The number of nitrogens with zero attached hydrogens (tertiary/aromatic N) is 1. The summed E-state index contributed by atoms with van der Waals surface area (Å²) >= 11 is 0. The standard InChI is InChI=1S/C14H17NO3S/c1-12-9-15(19(17,18)11-12)10-14-6-3-2-5-13(14)7-4-8-16/h2-3,5-6,12,16H,8-11H2,1H3. The van der Waals surface area contributed by atoms with Crippen LogP contribution in [0.3, 0.4) is 0 Å². The molecule has 1 atom stereocenters. The summed E-state index contributed by atoms with van der Waals surface area (Å²) in [5.74, 6) is 5.84. The smallest absolute Gasteiger partial charge is 0.214 e. The summed E-state index contributed by atoms with van der Waals surface area (Å²) in [6, 6.07) is 7.43. The topological polar surface area (TPSA) is 57.6 Å². The second-order valence-electron chi connectivity index (χ2n) is 4.79. The minimum absolute atomic E-state index is 0.167. The number of hydrogen-bond donors (Lipinski definition) is 1. The van der Waals surface area contributed by atoms with E-state index in [4.69, 9.17) is 5.11 Å². The molecule has 102 valence electrons. The van der Waals surface area contributed by atoms with Gasteiger partial charge in [-0.1, -0.05) is 37.0 Å². The lowest BCUT2D eigenvalue weighted by Crippen LogP contribution is -2.25. The van der Waals surface area contributed by atoms with E-state index < -0.39 is 10.0 Å². The molecular weight excluding hydrogens is 262 g/mol. The molecule has 0 saturated carbocycles. The first-order valence-electron chi connectivity index (χ1n) is 6.18. The van der Waals surface area contributed by atoms with E-state index in [1.165, 1.54) is 4.31 Å². The molecule has 0 aromatic heterocycles. The van der Waals surface area contributed by atoms with Gasteiger partial charge in [0.05, 0.1) is 5.75 Å².